The van der Waals surface area contributed by atoms with Crippen molar-refractivity contribution in [2.45, 2.75) is 38.0 Å². The molecule has 0 spiro atoms. The number of nitrogens with zero attached hydrogens (tertiary/aromatic N) is 4. The first-order valence-corrected chi connectivity index (χ1v) is 12.7. The SMILES string of the molecule is CC(=O)CC1c2cccc(F)c2N=C(N2CCN3c4ccc(F)cc4CC3C2)N1c1cccc(C(F)(F)F)c1. The van der Waals surface area contributed by atoms with Crippen LogP contribution in [-0.4, -0.2) is 42.3 Å². The number of rotatable bonds is 3. The number of aliphatic imine (C=N–C) groups is 1. The molecule has 6 rings (SSSR count). The number of benzene rings is 3. The normalized spacial score (nSPS) is 20.4. The summed E-state index contributed by atoms with van der Waals surface area (Å²) < 4.78 is 70.1. The minimum atomic E-state index is -4.57. The van der Waals surface area contributed by atoms with Gasteiger partial charge in [0.25, 0.3) is 0 Å². The van der Waals surface area contributed by atoms with Gasteiger partial charge in [-0.3, -0.25) is 4.79 Å². The van der Waals surface area contributed by atoms with Crippen LogP contribution in [0.1, 0.15) is 36.1 Å². The van der Waals surface area contributed by atoms with Crippen molar-refractivity contribution < 1.29 is 26.7 Å². The van der Waals surface area contributed by atoms with Crippen LogP contribution >= 0.6 is 0 Å². The van der Waals surface area contributed by atoms with Crippen LogP contribution in [0.25, 0.3) is 0 Å². The van der Waals surface area contributed by atoms with Crippen LogP contribution in [0, 0.1) is 11.6 Å². The molecule has 2 unspecified atom stereocenters. The molecule has 0 aliphatic carbocycles. The summed E-state index contributed by atoms with van der Waals surface area (Å²) in [5.41, 5.74) is 1.77. The van der Waals surface area contributed by atoms with Gasteiger partial charge in [0.1, 0.15) is 23.1 Å². The zero-order chi connectivity index (χ0) is 27.5. The van der Waals surface area contributed by atoms with Crippen molar-refractivity contribution in [1.82, 2.24) is 4.90 Å². The lowest BCUT2D eigenvalue weighted by atomic mass is 9.95. The minimum absolute atomic E-state index is 0.0186. The van der Waals surface area contributed by atoms with Gasteiger partial charge in [-0.2, -0.15) is 13.2 Å². The van der Waals surface area contributed by atoms with E-state index in [0.717, 1.165) is 23.4 Å². The van der Waals surface area contributed by atoms with Gasteiger partial charge in [0, 0.05) is 43.0 Å². The lowest BCUT2D eigenvalue weighted by Crippen LogP contribution is -2.58. The molecule has 3 aliphatic rings. The van der Waals surface area contributed by atoms with Crippen LogP contribution in [0.2, 0.25) is 0 Å². The van der Waals surface area contributed by atoms with Gasteiger partial charge in [-0.05, 0) is 61.4 Å². The fourth-order valence-corrected chi connectivity index (χ4v) is 5.96. The Kier molecular flexibility index (Phi) is 6.08. The van der Waals surface area contributed by atoms with Gasteiger partial charge >= 0.3 is 6.18 Å². The second-order valence-electron chi connectivity index (χ2n) is 10.2. The minimum Gasteiger partial charge on any atom is -0.364 e. The quantitative estimate of drug-likeness (QED) is 0.368. The van der Waals surface area contributed by atoms with Crippen molar-refractivity contribution in [2.24, 2.45) is 4.99 Å². The zero-order valence-electron chi connectivity index (χ0n) is 21.1. The molecule has 0 N–H and O–H groups in total. The van der Waals surface area contributed by atoms with E-state index in [0.29, 0.717) is 37.6 Å². The first kappa shape index (κ1) is 25.3. The van der Waals surface area contributed by atoms with Gasteiger partial charge in [-0.25, -0.2) is 13.8 Å². The average Bonchev–Trinajstić information content (AvgIpc) is 3.25. The fraction of sp³-hybridized carbons (Fsp3) is 0.310. The summed E-state index contributed by atoms with van der Waals surface area (Å²) in [4.78, 5) is 22.9. The van der Waals surface area contributed by atoms with Crippen LogP contribution in [0.5, 0.6) is 0 Å². The summed E-state index contributed by atoms with van der Waals surface area (Å²) in [6.07, 6.45) is -4.01. The molecule has 3 aliphatic heterocycles. The molecule has 3 aromatic rings. The summed E-state index contributed by atoms with van der Waals surface area (Å²) in [7, 11) is 0. The monoisotopic (exact) mass is 540 g/mol. The number of hydrogen-bond acceptors (Lipinski definition) is 5. The summed E-state index contributed by atoms with van der Waals surface area (Å²) in [5.74, 6) is -0.770. The molecule has 0 bridgehead atoms. The van der Waals surface area contributed by atoms with E-state index in [1.54, 1.807) is 23.1 Å². The second kappa shape index (κ2) is 9.36. The molecule has 5 nitrogen and oxygen atoms in total. The third-order valence-electron chi connectivity index (χ3n) is 7.62. The van der Waals surface area contributed by atoms with Crippen molar-refractivity contribution in [3.63, 3.8) is 0 Å². The highest BCUT2D eigenvalue weighted by Gasteiger charge is 2.41. The predicted molar refractivity (Wildman–Crippen MR) is 138 cm³/mol. The highest BCUT2D eigenvalue weighted by Crippen LogP contribution is 2.44. The number of piperazine rings is 1. The number of Topliss-reactive ketones (excluding diaryl/α,β-unsaturated/α-hetero) is 1. The van der Waals surface area contributed by atoms with E-state index in [4.69, 9.17) is 0 Å². The molecule has 2 atom stereocenters. The van der Waals surface area contributed by atoms with Crippen molar-refractivity contribution in [2.75, 3.05) is 29.4 Å². The standard InChI is InChI=1S/C29H25F5N4O/c1-17(39)12-26-23-6-3-7-24(31)27(23)35-28(38(26)21-5-2-4-19(15-21)29(32,33)34)36-10-11-37-22(16-36)14-18-13-20(30)8-9-25(18)37/h2-9,13,15,22,26H,10-12,14,16H2,1H3. The summed E-state index contributed by atoms with van der Waals surface area (Å²) in [6, 6.07) is 13.3. The van der Waals surface area contributed by atoms with E-state index in [2.05, 4.69) is 9.89 Å². The Balaban J connectivity index is 1.45. The first-order valence-electron chi connectivity index (χ1n) is 12.7. The van der Waals surface area contributed by atoms with Crippen molar-refractivity contribution in [3.05, 3.63) is 89.0 Å². The predicted octanol–water partition coefficient (Wildman–Crippen LogP) is 6.26. The molecule has 0 radical (unpaired) electrons. The maximum Gasteiger partial charge on any atom is 0.416 e. The number of hydrogen-bond donors (Lipinski definition) is 0. The second-order valence-corrected chi connectivity index (χ2v) is 10.2. The van der Waals surface area contributed by atoms with Crippen molar-refractivity contribution in [3.8, 4) is 0 Å². The number of anilines is 2. The number of carbonyl (C=O) groups is 1. The lowest BCUT2D eigenvalue weighted by Gasteiger charge is -2.46. The number of halogens is 5. The van der Waals surface area contributed by atoms with Gasteiger partial charge in [0.2, 0.25) is 5.96 Å². The van der Waals surface area contributed by atoms with Gasteiger partial charge in [0.15, 0.2) is 0 Å². The van der Waals surface area contributed by atoms with E-state index in [9.17, 15) is 22.4 Å². The molecule has 0 saturated carbocycles. The highest BCUT2D eigenvalue weighted by atomic mass is 19.4. The first-order chi connectivity index (χ1) is 18.6. The molecule has 1 saturated heterocycles. The van der Waals surface area contributed by atoms with Crippen molar-refractivity contribution >= 4 is 28.8 Å². The number of para-hydroxylation sites is 1. The molecule has 202 valence electrons. The summed E-state index contributed by atoms with van der Waals surface area (Å²) in [6.45, 7) is 2.88. The Morgan fingerprint density at radius 1 is 1.03 bits per heavy atom. The van der Waals surface area contributed by atoms with Gasteiger partial charge in [-0.15, -0.1) is 0 Å². The summed E-state index contributed by atoms with van der Waals surface area (Å²) in [5, 5.41) is 0. The van der Waals surface area contributed by atoms with Crippen LogP contribution in [0.3, 0.4) is 0 Å². The molecule has 3 aromatic carbocycles. The van der Waals surface area contributed by atoms with E-state index >= 15 is 4.39 Å². The molecular weight excluding hydrogens is 515 g/mol. The third-order valence-corrected chi connectivity index (χ3v) is 7.62. The van der Waals surface area contributed by atoms with E-state index in [1.165, 1.54) is 37.3 Å². The highest BCUT2D eigenvalue weighted by molar-refractivity contribution is 6.01. The number of guanidine groups is 1. The molecule has 3 heterocycles. The Hall–Kier alpha value is -3.95. The van der Waals surface area contributed by atoms with E-state index in [1.807, 2.05) is 4.90 Å². The molecule has 39 heavy (non-hydrogen) atoms. The number of alkyl halides is 3. The zero-order valence-corrected chi connectivity index (χ0v) is 21.1. The fourth-order valence-electron chi connectivity index (χ4n) is 5.96. The molecular formula is C29H25F5N4O. The number of carbonyl (C=O) groups excluding carboxylic acids is 1. The average molecular weight is 541 g/mol. The topological polar surface area (TPSA) is 39.2 Å². The maximum atomic E-state index is 15.1. The largest absolute Gasteiger partial charge is 0.416 e. The van der Waals surface area contributed by atoms with Crippen LogP contribution in [0.15, 0.2) is 65.7 Å². The number of ketones is 1. The Morgan fingerprint density at radius 2 is 1.82 bits per heavy atom. The number of fused-ring (bicyclic) bond motifs is 4. The van der Waals surface area contributed by atoms with E-state index in [-0.39, 0.29) is 35.4 Å². The third kappa shape index (κ3) is 4.51. The Bertz CT molecular complexity index is 1490. The molecule has 1 fully saturated rings. The molecule has 0 amide bonds. The Morgan fingerprint density at radius 3 is 2.59 bits per heavy atom. The Labute approximate surface area is 222 Å². The summed E-state index contributed by atoms with van der Waals surface area (Å²) >= 11 is 0. The lowest BCUT2D eigenvalue weighted by molar-refractivity contribution is -0.137. The molecule has 10 heteroatoms. The smallest absolute Gasteiger partial charge is 0.364 e. The van der Waals surface area contributed by atoms with Crippen LogP contribution in [-0.2, 0) is 17.4 Å². The van der Waals surface area contributed by atoms with Crippen LogP contribution in [0.4, 0.5) is 39.0 Å². The van der Waals surface area contributed by atoms with Gasteiger partial charge in [-0.1, -0.05) is 18.2 Å². The van der Waals surface area contributed by atoms with Gasteiger partial charge in [0.05, 0.1) is 17.6 Å². The van der Waals surface area contributed by atoms with E-state index < -0.39 is 23.6 Å². The molecule has 0 aromatic heterocycles. The van der Waals surface area contributed by atoms with Crippen molar-refractivity contribution in [1.29, 1.82) is 0 Å². The van der Waals surface area contributed by atoms with Gasteiger partial charge < -0.3 is 14.7 Å². The van der Waals surface area contributed by atoms with Crippen LogP contribution < -0.4 is 9.80 Å². The maximum absolute atomic E-state index is 15.1.